The van der Waals surface area contributed by atoms with E-state index in [-0.39, 0.29) is 11.7 Å². The minimum absolute atomic E-state index is 0.245. The summed E-state index contributed by atoms with van der Waals surface area (Å²) in [5, 5.41) is 8.94. The maximum Gasteiger partial charge on any atom is 0.306 e. The first-order valence-electron chi connectivity index (χ1n) is 6.37. The highest BCUT2D eigenvalue weighted by atomic mass is 19.1. The summed E-state index contributed by atoms with van der Waals surface area (Å²) in [5.41, 5.74) is 0.802. The van der Waals surface area contributed by atoms with Gasteiger partial charge < -0.3 is 9.84 Å². The molecule has 2 rings (SSSR count). The van der Waals surface area contributed by atoms with E-state index >= 15 is 0 Å². The van der Waals surface area contributed by atoms with E-state index in [1.165, 1.54) is 12.1 Å². The van der Waals surface area contributed by atoms with Gasteiger partial charge in [0.1, 0.15) is 11.6 Å². The van der Waals surface area contributed by atoms with Gasteiger partial charge in [0.15, 0.2) is 0 Å². The molecule has 1 aliphatic heterocycles. The van der Waals surface area contributed by atoms with Crippen molar-refractivity contribution in [3.05, 3.63) is 29.6 Å². The molecule has 5 heteroatoms. The molecule has 0 amide bonds. The second kappa shape index (κ2) is 6.02. The average Bonchev–Trinajstić information content (AvgIpc) is 2.39. The Morgan fingerprint density at radius 3 is 2.74 bits per heavy atom. The highest BCUT2D eigenvalue weighted by Crippen LogP contribution is 2.24. The molecule has 0 bridgehead atoms. The van der Waals surface area contributed by atoms with Crippen LogP contribution in [0.25, 0.3) is 0 Å². The van der Waals surface area contributed by atoms with Crippen LogP contribution in [0, 0.1) is 11.7 Å². The Morgan fingerprint density at radius 1 is 1.47 bits per heavy atom. The number of piperidine rings is 1. The number of ether oxygens (including phenoxy) is 1. The number of likely N-dealkylation sites (tertiary alicyclic amines) is 1. The molecule has 1 heterocycles. The third-order valence-corrected chi connectivity index (χ3v) is 3.57. The largest absolute Gasteiger partial charge is 0.496 e. The first-order chi connectivity index (χ1) is 9.10. The quantitative estimate of drug-likeness (QED) is 0.908. The second-order valence-corrected chi connectivity index (χ2v) is 4.84. The Kier molecular flexibility index (Phi) is 4.37. The van der Waals surface area contributed by atoms with Gasteiger partial charge in [-0.2, -0.15) is 0 Å². The zero-order valence-electron chi connectivity index (χ0n) is 10.9. The van der Waals surface area contributed by atoms with Gasteiger partial charge in [-0.1, -0.05) is 0 Å². The van der Waals surface area contributed by atoms with Crippen LogP contribution >= 0.6 is 0 Å². The molecule has 0 aliphatic carbocycles. The van der Waals surface area contributed by atoms with Crippen molar-refractivity contribution in [2.75, 3.05) is 20.2 Å². The molecule has 1 N–H and O–H groups in total. The Hall–Kier alpha value is -1.62. The molecule has 0 aromatic heterocycles. The first-order valence-corrected chi connectivity index (χ1v) is 6.37. The molecule has 0 unspecified atom stereocenters. The molecule has 1 saturated heterocycles. The van der Waals surface area contributed by atoms with E-state index in [0.29, 0.717) is 25.1 Å². The third kappa shape index (κ3) is 3.44. The molecule has 1 fully saturated rings. The maximum absolute atomic E-state index is 13.3. The summed E-state index contributed by atoms with van der Waals surface area (Å²) in [6.45, 7) is 2.03. The van der Waals surface area contributed by atoms with E-state index in [1.807, 2.05) is 0 Å². The molecule has 0 saturated carbocycles. The number of methoxy groups -OCH3 is 1. The molecule has 19 heavy (non-hydrogen) atoms. The van der Waals surface area contributed by atoms with Crippen LogP contribution in [0.15, 0.2) is 18.2 Å². The van der Waals surface area contributed by atoms with Crippen molar-refractivity contribution in [1.82, 2.24) is 4.90 Å². The Morgan fingerprint density at radius 2 is 2.16 bits per heavy atom. The lowest BCUT2D eigenvalue weighted by molar-refractivity contribution is -0.143. The van der Waals surface area contributed by atoms with Crippen molar-refractivity contribution >= 4 is 5.97 Å². The van der Waals surface area contributed by atoms with Crippen LogP contribution in [0.1, 0.15) is 18.4 Å². The zero-order chi connectivity index (χ0) is 13.8. The van der Waals surface area contributed by atoms with Crippen LogP contribution in [-0.4, -0.2) is 36.2 Å². The molecule has 1 aliphatic rings. The highest BCUT2D eigenvalue weighted by Gasteiger charge is 2.24. The van der Waals surface area contributed by atoms with Crippen LogP contribution < -0.4 is 4.74 Å². The van der Waals surface area contributed by atoms with Crippen molar-refractivity contribution < 1.29 is 19.0 Å². The smallest absolute Gasteiger partial charge is 0.306 e. The number of hydrogen-bond acceptors (Lipinski definition) is 3. The number of carbonyl (C=O) groups is 1. The van der Waals surface area contributed by atoms with E-state index in [2.05, 4.69) is 4.90 Å². The van der Waals surface area contributed by atoms with Gasteiger partial charge in [0, 0.05) is 12.1 Å². The Labute approximate surface area is 111 Å². The number of carboxylic acids is 1. The predicted octanol–water partition coefficient (Wildman–Crippen LogP) is 2.13. The van der Waals surface area contributed by atoms with Gasteiger partial charge in [0.05, 0.1) is 13.0 Å². The fraction of sp³-hybridized carbons (Fsp3) is 0.500. The monoisotopic (exact) mass is 267 g/mol. The van der Waals surface area contributed by atoms with Crippen molar-refractivity contribution in [3.8, 4) is 5.75 Å². The predicted molar refractivity (Wildman–Crippen MR) is 68.6 cm³/mol. The van der Waals surface area contributed by atoms with Gasteiger partial charge in [0.2, 0.25) is 0 Å². The van der Waals surface area contributed by atoms with Crippen LogP contribution in [-0.2, 0) is 11.3 Å². The SMILES string of the molecule is COc1ccc(F)cc1CN1CCC(C(=O)O)CC1. The van der Waals surface area contributed by atoms with E-state index < -0.39 is 5.97 Å². The zero-order valence-corrected chi connectivity index (χ0v) is 10.9. The van der Waals surface area contributed by atoms with Gasteiger partial charge in [-0.15, -0.1) is 0 Å². The number of carboxylic acid groups (broad SMARTS) is 1. The molecular formula is C14H18FNO3. The van der Waals surface area contributed by atoms with E-state index in [4.69, 9.17) is 9.84 Å². The normalized spacial score (nSPS) is 17.4. The third-order valence-electron chi connectivity index (χ3n) is 3.57. The highest BCUT2D eigenvalue weighted by molar-refractivity contribution is 5.70. The van der Waals surface area contributed by atoms with Crippen molar-refractivity contribution in [2.45, 2.75) is 19.4 Å². The van der Waals surface area contributed by atoms with Crippen LogP contribution in [0.2, 0.25) is 0 Å². The van der Waals surface area contributed by atoms with E-state index in [9.17, 15) is 9.18 Å². The summed E-state index contributed by atoms with van der Waals surface area (Å²) in [6.07, 6.45) is 1.29. The van der Waals surface area contributed by atoms with Gasteiger partial charge in [0.25, 0.3) is 0 Å². The van der Waals surface area contributed by atoms with Gasteiger partial charge in [-0.25, -0.2) is 4.39 Å². The summed E-state index contributed by atoms with van der Waals surface area (Å²) in [6, 6.07) is 4.47. The fourth-order valence-electron chi connectivity index (χ4n) is 2.45. The van der Waals surface area contributed by atoms with E-state index in [1.54, 1.807) is 13.2 Å². The summed E-state index contributed by atoms with van der Waals surface area (Å²) >= 11 is 0. The average molecular weight is 267 g/mol. The van der Waals surface area contributed by atoms with Crippen LogP contribution in [0.4, 0.5) is 4.39 Å². The first kappa shape index (κ1) is 13.8. The minimum Gasteiger partial charge on any atom is -0.496 e. The lowest BCUT2D eigenvalue weighted by Gasteiger charge is -2.30. The van der Waals surface area contributed by atoms with Crippen molar-refractivity contribution in [1.29, 1.82) is 0 Å². The molecular weight excluding hydrogens is 249 g/mol. The molecule has 1 aromatic carbocycles. The molecule has 104 valence electrons. The molecule has 0 radical (unpaired) electrons. The number of hydrogen-bond donors (Lipinski definition) is 1. The minimum atomic E-state index is -0.719. The summed E-state index contributed by atoms with van der Waals surface area (Å²) in [7, 11) is 1.56. The molecule has 4 nitrogen and oxygen atoms in total. The summed E-state index contributed by atoms with van der Waals surface area (Å²) in [4.78, 5) is 13.0. The summed E-state index contributed by atoms with van der Waals surface area (Å²) in [5.74, 6) is -0.577. The molecule has 0 spiro atoms. The molecule has 1 aromatic rings. The van der Waals surface area contributed by atoms with Crippen LogP contribution in [0.3, 0.4) is 0 Å². The van der Waals surface area contributed by atoms with Gasteiger partial charge >= 0.3 is 5.97 Å². The molecule has 0 atom stereocenters. The summed E-state index contributed by atoms with van der Waals surface area (Å²) < 4.78 is 18.5. The van der Waals surface area contributed by atoms with Crippen molar-refractivity contribution in [2.24, 2.45) is 5.92 Å². The fourth-order valence-corrected chi connectivity index (χ4v) is 2.45. The lowest BCUT2D eigenvalue weighted by Crippen LogP contribution is -2.35. The Bertz CT molecular complexity index is 456. The van der Waals surface area contributed by atoms with Crippen LogP contribution in [0.5, 0.6) is 5.75 Å². The number of aliphatic carboxylic acids is 1. The standard InChI is InChI=1S/C14H18FNO3/c1-19-13-3-2-12(15)8-11(13)9-16-6-4-10(5-7-16)14(17)18/h2-3,8,10H,4-7,9H2,1H3,(H,17,18). The lowest BCUT2D eigenvalue weighted by atomic mass is 9.97. The number of halogens is 1. The van der Waals surface area contributed by atoms with Gasteiger partial charge in [-0.3, -0.25) is 9.69 Å². The number of nitrogens with zero attached hydrogens (tertiary/aromatic N) is 1. The number of benzene rings is 1. The number of rotatable bonds is 4. The Balaban J connectivity index is 1.99. The maximum atomic E-state index is 13.3. The van der Waals surface area contributed by atoms with Gasteiger partial charge in [-0.05, 0) is 44.1 Å². The second-order valence-electron chi connectivity index (χ2n) is 4.84. The van der Waals surface area contributed by atoms with E-state index in [0.717, 1.165) is 18.7 Å². The topological polar surface area (TPSA) is 49.8 Å². The van der Waals surface area contributed by atoms with Crippen molar-refractivity contribution in [3.63, 3.8) is 0 Å².